The number of benzene rings is 2. The molecule has 2 aliphatic heterocycles. The van der Waals surface area contributed by atoms with Crippen LogP contribution in [0.25, 0.3) is 0 Å². The van der Waals surface area contributed by atoms with Crippen molar-refractivity contribution in [2.75, 3.05) is 13.1 Å². The number of likely N-dealkylation sites (tertiary alicyclic amines) is 1. The van der Waals surface area contributed by atoms with Crippen LogP contribution in [0.4, 0.5) is 4.39 Å². The molecule has 1 saturated heterocycles. The Kier molecular flexibility index (Phi) is 5.98. The summed E-state index contributed by atoms with van der Waals surface area (Å²) in [6.07, 6.45) is -0.226. The summed E-state index contributed by atoms with van der Waals surface area (Å²) in [5, 5.41) is 0. The van der Waals surface area contributed by atoms with E-state index in [1.54, 1.807) is 0 Å². The molecule has 0 aliphatic carbocycles. The second-order valence-corrected chi connectivity index (χ2v) is 9.42. The molecule has 4 rings (SSSR count). The van der Waals surface area contributed by atoms with Crippen molar-refractivity contribution in [3.8, 4) is 0 Å². The summed E-state index contributed by atoms with van der Waals surface area (Å²) < 4.78 is 44.0. The topological polar surface area (TPSA) is 118 Å². The monoisotopic (exact) mass is 474 g/mol. The second-order valence-electron chi connectivity index (χ2n) is 7.59. The smallest absolute Gasteiger partial charge is 0.327 e. The van der Waals surface area contributed by atoms with Gasteiger partial charge in [0.05, 0.1) is 5.56 Å². The molecule has 172 valence electrons. The van der Waals surface area contributed by atoms with E-state index in [1.807, 2.05) is 0 Å². The Bertz CT molecular complexity index is 1240. The van der Waals surface area contributed by atoms with Crippen molar-refractivity contribution >= 4 is 33.7 Å². The molecule has 2 heterocycles. The maximum Gasteiger partial charge on any atom is 0.327 e. The number of carbonyl (C=O) groups is 4. The molecule has 0 N–H and O–H groups in total. The fourth-order valence-electron chi connectivity index (χ4n) is 3.77. The van der Waals surface area contributed by atoms with Gasteiger partial charge in [-0.25, -0.2) is 17.1 Å². The third kappa shape index (κ3) is 4.23. The van der Waals surface area contributed by atoms with E-state index in [0.717, 1.165) is 17.0 Å². The quantitative estimate of drug-likeness (QED) is 0.489. The lowest BCUT2D eigenvalue weighted by atomic mass is 10.1. The number of imide groups is 1. The van der Waals surface area contributed by atoms with E-state index in [4.69, 9.17) is 4.74 Å². The van der Waals surface area contributed by atoms with Gasteiger partial charge in [0.1, 0.15) is 17.3 Å². The Morgan fingerprint density at radius 2 is 1.73 bits per heavy atom. The maximum atomic E-state index is 13.2. The van der Waals surface area contributed by atoms with Crippen LogP contribution in [0, 0.1) is 5.82 Å². The highest BCUT2D eigenvalue weighted by Gasteiger charge is 2.43. The third-order valence-electron chi connectivity index (χ3n) is 5.43. The summed E-state index contributed by atoms with van der Waals surface area (Å²) in [4.78, 5) is 51.4. The number of nitrogens with zero attached hydrogens (tertiary/aromatic N) is 2. The van der Waals surface area contributed by atoms with Crippen LogP contribution >= 0.6 is 0 Å². The SMILES string of the molecule is O=C(CN1C(=O)c2ccccc2S1(=O)=O)OC1CCCCN(C(=O)c2ccc(F)cc2)C1=O. The molecule has 1 atom stereocenters. The number of sulfonamides is 1. The molecule has 1 unspecified atom stereocenters. The van der Waals surface area contributed by atoms with Gasteiger partial charge in [-0.3, -0.25) is 24.1 Å². The van der Waals surface area contributed by atoms with Gasteiger partial charge >= 0.3 is 5.97 Å². The average Bonchev–Trinajstić information content (AvgIpc) is 2.90. The minimum atomic E-state index is -4.21. The van der Waals surface area contributed by atoms with Crippen LogP contribution in [0.5, 0.6) is 0 Å². The Labute approximate surface area is 188 Å². The average molecular weight is 474 g/mol. The van der Waals surface area contributed by atoms with Crippen molar-refractivity contribution in [3.05, 3.63) is 65.5 Å². The van der Waals surface area contributed by atoms with Gasteiger partial charge in [-0.15, -0.1) is 0 Å². The zero-order valence-electron chi connectivity index (χ0n) is 17.3. The fourth-order valence-corrected chi connectivity index (χ4v) is 5.28. The Hall–Kier alpha value is -3.60. The molecular weight excluding hydrogens is 455 g/mol. The van der Waals surface area contributed by atoms with E-state index in [9.17, 15) is 32.0 Å². The van der Waals surface area contributed by atoms with Gasteiger partial charge in [0.25, 0.3) is 27.7 Å². The molecule has 2 aliphatic rings. The molecule has 11 heteroatoms. The minimum absolute atomic E-state index is 0.0492. The first-order chi connectivity index (χ1) is 15.7. The van der Waals surface area contributed by atoms with E-state index in [2.05, 4.69) is 0 Å². The number of hydrogen-bond acceptors (Lipinski definition) is 7. The zero-order valence-corrected chi connectivity index (χ0v) is 18.1. The highest BCUT2D eigenvalue weighted by Crippen LogP contribution is 2.30. The van der Waals surface area contributed by atoms with Crippen LogP contribution in [0.15, 0.2) is 53.4 Å². The number of fused-ring (bicyclic) bond motifs is 1. The minimum Gasteiger partial charge on any atom is -0.451 e. The molecule has 33 heavy (non-hydrogen) atoms. The number of hydrogen-bond donors (Lipinski definition) is 0. The molecule has 3 amide bonds. The van der Waals surface area contributed by atoms with Crippen LogP contribution in [-0.2, 0) is 24.3 Å². The van der Waals surface area contributed by atoms with E-state index >= 15 is 0 Å². The Morgan fingerprint density at radius 1 is 1.03 bits per heavy atom. The second kappa shape index (κ2) is 8.74. The predicted octanol–water partition coefficient (Wildman–Crippen LogP) is 1.73. The molecule has 2 aromatic rings. The van der Waals surface area contributed by atoms with Gasteiger partial charge in [0, 0.05) is 12.1 Å². The van der Waals surface area contributed by atoms with Crippen molar-refractivity contribution in [3.63, 3.8) is 0 Å². The first-order valence-electron chi connectivity index (χ1n) is 10.2. The molecule has 0 spiro atoms. The lowest BCUT2D eigenvalue weighted by Gasteiger charge is -2.23. The normalized spacial score (nSPS) is 19.7. The first-order valence-corrected chi connectivity index (χ1v) is 11.6. The van der Waals surface area contributed by atoms with Crippen molar-refractivity contribution in [1.82, 2.24) is 9.21 Å². The summed E-state index contributed by atoms with van der Waals surface area (Å²) in [5.74, 6) is -3.89. The van der Waals surface area contributed by atoms with Gasteiger partial charge in [-0.05, 0) is 55.7 Å². The summed E-state index contributed by atoms with van der Waals surface area (Å²) >= 11 is 0. The lowest BCUT2D eigenvalue weighted by Crippen LogP contribution is -2.45. The molecule has 1 fully saturated rings. The van der Waals surface area contributed by atoms with Crippen molar-refractivity contribution in [2.24, 2.45) is 0 Å². The van der Waals surface area contributed by atoms with Crippen molar-refractivity contribution in [2.45, 2.75) is 30.3 Å². The molecule has 2 aromatic carbocycles. The molecule has 0 bridgehead atoms. The summed E-state index contributed by atoms with van der Waals surface area (Å²) in [6, 6.07) is 10.3. The molecular formula is C22H19FN2O7S. The van der Waals surface area contributed by atoms with Gasteiger partial charge in [0.15, 0.2) is 6.10 Å². The first kappa shape index (κ1) is 22.6. The van der Waals surface area contributed by atoms with Crippen molar-refractivity contribution in [1.29, 1.82) is 0 Å². The fraction of sp³-hybridized carbons (Fsp3) is 0.273. The van der Waals surface area contributed by atoms with Crippen LogP contribution in [-0.4, -0.2) is 60.5 Å². The molecule has 0 saturated carbocycles. The Morgan fingerprint density at radius 3 is 2.42 bits per heavy atom. The van der Waals surface area contributed by atoms with Gasteiger partial charge in [-0.2, -0.15) is 0 Å². The number of halogens is 1. The third-order valence-corrected chi connectivity index (χ3v) is 7.22. The van der Waals surface area contributed by atoms with Crippen molar-refractivity contribution < 1.29 is 36.7 Å². The zero-order chi connectivity index (χ0) is 23.8. The largest absolute Gasteiger partial charge is 0.451 e. The van der Waals surface area contributed by atoms with Gasteiger partial charge in [0.2, 0.25) is 0 Å². The molecule has 9 nitrogen and oxygen atoms in total. The highest BCUT2D eigenvalue weighted by atomic mass is 32.2. The van der Waals surface area contributed by atoms with Gasteiger partial charge in [-0.1, -0.05) is 12.1 Å². The van der Waals surface area contributed by atoms with Crippen LogP contribution in [0.1, 0.15) is 40.0 Å². The summed E-state index contributed by atoms with van der Waals surface area (Å²) in [7, 11) is -4.21. The van der Waals surface area contributed by atoms with E-state index < -0.39 is 52.2 Å². The van der Waals surface area contributed by atoms with Crippen LogP contribution < -0.4 is 0 Å². The number of rotatable bonds is 4. The lowest BCUT2D eigenvalue weighted by molar-refractivity contribution is -0.158. The van der Waals surface area contributed by atoms with Gasteiger partial charge < -0.3 is 4.74 Å². The van der Waals surface area contributed by atoms with Crippen LogP contribution in [0.3, 0.4) is 0 Å². The Balaban J connectivity index is 1.47. The number of ether oxygens (including phenoxy) is 1. The number of carbonyl (C=O) groups excluding carboxylic acids is 4. The summed E-state index contributed by atoms with van der Waals surface area (Å²) in [5.41, 5.74) is 0.0511. The maximum absolute atomic E-state index is 13.2. The number of amides is 3. The van der Waals surface area contributed by atoms with E-state index in [0.29, 0.717) is 17.1 Å². The predicted molar refractivity (Wildman–Crippen MR) is 111 cm³/mol. The van der Waals surface area contributed by atoms with E-state index in [1.165, 1.54) is 36.4 Å². The molecule has 0 aromatic heterocycles. The standard InChI is InChI=1S/C22H19FN2O7S/c23-15-10-8-14(9-11-15)20(27)24-12-4-3-6-17(22(24)29)32-19(26)13-25-21(28)16-5-1-2-7-18(16)33(25,30)31/h1-2,5,7-11,17H,3-4,6,12-13H2. The van der Waals surface area contributed by atoms with Crippen LogP contribution in [0.2, 0.25) is 0 Å². The summed E-state index contributed by atoms with van der Waals surface area (Å²) in [6.45, 7) is -0.803. The van der Waals surface area contributed by atoms with E-state index in [-0.39, 0.29) is 29.0 Å². The molecule has 0 radical (unpaired) electrons. The highest BCUT2D eigenvalue weighted by molar-refractivity contribution is 7.90. The number of esters is 1.